The summed E-state index contributed by atoms with van der Waals surface area (Å²) < 4.78 is 5.54. The maximum Gasteiger partial charge on any atom is 0.339 e. The number of ether oxygens (including phenoxy) is 1. The van der Waals surface area contributed by atoms with Crippen molar-refractivity contribution in [1.29, 1.82) is 0 Å². The van der Waals surface area contributed by atoms with Crippen LogP contribution < -0.4 is 0 Å². The van der Waals surface area contributed by atoms with Gasteiger partial charge in [0.05, 0.1) is 16.8 Å². The van der Waals surface area contributed by atoms with Gasteiger partial charge in [-0.05, 0) is 47.6 Å². The van der Waals surface area contributed by atoms with Crippen LogP contribution in [0, 0.1) is 11.3 Å². The normalized spacial score (nSPS) is 17.2. The minimum Gasteiger partial charge on any atom is -0.454 e. The molecule has 0 aliphatic heterocycles. The number of para-hydroxylation sites is 1. The first-order chi connectivity index (χ1) is 15.2. The number of ketones is 1. The number of fused-ring (bicyclic) bond motifs is 2. The molecule has 4 heteroatoms. The second kappa shape index (κ2) is 8.70. The van der Waals surface area contributed by atoms with Crippen molar-refractivity contribution < 1.29 is 14.3 Å². The minimum atomic E-state index is -0.555. The SMILES string of the molecule is C[C@@H]1C/C(=C\c2ccccc2)c2nc3ccccc3c(C(=O)OCC(=O)C(C)(C)C)c2C1. The van der Waals surface area contributed by atoms with Crippen LogP contribution >= 0.6 is 0 Å². The van der Waals surface area contributed by atoms with Crippen LogP contribution in [0.1, 0.15) is 61.3 Å². The van der Waals surface area contributed by atoms with Crippen LogP contribution in [0.25, 0.3) is 22.6 Å². The number of nitrogens with zero attached hydrogens (tertiary/aromatic N) is 1. The highest BCUT2D eigenvalue weighted by atomic mass is 16.5. The van der Waals surface area contributed by atoms with E-state index < -0.39 is 11.4 Å². The number of hydrogen-bond acceptors (Lipinski definition) is 4. The zero-order valence-electron chi connectivity index (χ0n) is 19.1. The highest BCUT2D eigenvalue weighted by Gasteiger charge is 2.30. The Kier molecular flexibility index (Phi) is 5.96. The fourth-order valence-electron chi connectivity index (χ4n) is 4.14. The van der Waals surface area contributed by atoms with E-state index in [4.69, 9.17) is 9.72 Å². The molecule has 0 radical (unpaired) electrons. The Balaban J connectivity index is 1.83. The first-order valence-corrected chi connectivity index (χ1v) is 11.1. The van der Waals surface area contributed by atoms with Crippen molar-refractivity contribution in [3.05, 3.63) is 77.0 Å². The van der Waals surface area contributed by atoms with Crippen molar-refractivity contribution in [2.24, 2.45) is 11.3 Å². The van der Waals surface area contributed by atoms with E-state index >= 15 is 0 Å². The van der Waals surface area contributed by atoms with Gasteiger partial charge in [-0.3, -0.25) is 4.79 Å². The summed E-state index contributed by atoms with van der Waals surface area (Å²) in [5.41, 5.74) is 4.75. The molecule has 2 aromatic carbocycles. The number of hydrogen-bond donors (Lipinski definition) is 0. The van der Waals surface area contributed by atoms with Gasteiger partial charge in [0.2, 0.25) is 0 Å². The van der Waals surface area contributed by atoms with E-state index in [-0.39, 0.29) is 12.4 Å². The summed E-state index contributed by atoms with van der Waals surface area (Å²) in [5.74, 6) is -0.190. The fraction of sp³-hybridized carbons (Fsp3) is 0.321. The minimum absolute atomic E-state index is 0.101. The van der Waals surface area contributed by atoms with Gasteiger partial charge in [0.15, 0.2) is 12.4 Å². The molecule has 1 heterocycles. The lowest BCUT2D eigenvalue weighted by molar-refractivity contribution is -0.129. The lowest BCUT2D eigenvalue weighted by Crippen LogP contribution is -2.27. The van der Waals surface area contributed by atoms with Gasteiger partial charge in [-0.1, -0.05) is 76.2 Å². The van der Waals surface area contributed by atoms with E-state index in [0.717, 1.165) is 46.1 Å². The van der Waals surface area contributed by atoms with Crippen molar-refractivity contribution in [2.75, 3.05) is 6.61 Å². The highest BCUT2D eigenvalue weighted by molar-refractivity contribution is 6.07. The van der Waals surface area contributed by atoms with Crippen molar-refractivity contribution >= 4 is 34.3 Å². The Hall–Kier alpha value is -3.27. The van der Waals surface area contributed by atoms with Gasteiger partial charge in [0.25, 0.3) is 0 Å². The maximum absolute atomic E-state index is 13.3. The third-order valence-corrected chi connectivity index (χ3v) is 5.93. The Morgan fingerprint density at radius 3 is 2.44 bits per heavy atom. The highest BCUT2D eigenvalue weighted by Crippen LogP contribution is 2.38. The summed E-state index contributed by atoms with van der Waals surface area (Å²) in [7, 11) is 0. The van der Waals surface area contributed by atoms with Crippen LogP contribution in [0.15, 0.2) is 54.6 Å². The predicted octanol–water partition coefficient (Wildman–Crippen LogP) is 6.13. The smallest absolute Gasteiger partial charge is 0.339 e. The molecule has 1 aliphatic rings. The first-order valence-electron chi connectivity index (χ1n) is 11.1. The topological polar surface area (TPSA) is 56.3 Å². The molecule has 1 aromatic heterocycles. The van der Waals surface area contributed by atoms with Crippen LogP contribution in [-0.4, -0.2) is 23.3 Å². The quantitative estimate of drug-likeness (QED) is 0.470. The number of esters is 1. The fourth-order valence-corrected chi connectivity index (χ4v) is 4.14. The van der Waals surface area contributed by atoms with Crippen LogP contribution in [-0.2, 0) is 16.0 Å². The molecule has 0 fully saturated rings. The standard InChI is InChI=1S/C28H29NO3/c1-18-14-20(16-19-10-6-5-7-11-19)26-22(15-18)25(21-12-8-9-13-23(21)29-26)27(31)32-17-24(30)28(2,3)4/h5-13,16,18H,14-15,17H2,1-4H3/b20-16+/t18-/m1/s1. The molecule has 0 bridgehead atoms. The van der Waals surface area contributed by atoms with E-state index in [9.17, 15) is 9.59 Å². The Labute approximate surface area is 189 Å². The summed E-state index contributed by atoms with van der Waals surface area (Å²) in [6.45, 7) is 7.45. The molecule has 1 atom stereocenters. The molecule has 32 heavy (non-hydrogen) atoms. The van der Waals surface area contributed by atoms with Gasteiger partial charge < -0.3 is 4.74 Å². The number of allylic oxidation sites excluding steroid dienone is 1. The molecule has 1 aliphatic carbocycles. The lowest BCUT2D eigenvalue weighted by atomic mass is 9.80. The van der Waals surface area contributed by atoms with Crippen LogP contribution in [0.2, 0.25) is 0 Å². The molecule has 3 aromatic rings. The Bertz CT molecular complexity index is 1200. The largest absolute Gasteiger partial charge is 0.454 e. The zero-order valence-corrected chi connectivity index (χ0v) is 19.1. The van der Waals surface area contributed by atoms with Gasteiger partial charge in [-0.2, -0.15) is 0 Å². The summed E-state index contributed by atoms with van der Waals surface area (Å²) in [6, 6.07) is 17.8. The third kappa shape index (κ3) is 4.50. The van der Waals surface area contributed by atoms with Crippen molar-refractivity contribution in [3.63, 3.8) is 0 Å². The monoisotopic (exact) mass is 427 g/mol. The number of benzene rings is 2. The van der Waals surface area contributed by atoms with Gasteiger partial charge in [0.1, 0.15) is 0 Å². The number of carbonyl (C=O) groups is 2. The molecule has 0 saturated heterocycles. The van der Waals surface area contributed by atoms with E-state index in [0.29, 0.717) is 11.5 Å². The second-order valence-electron chi connectivity index (χ2n) is 9.67. The number of pyridine rings is 1. The molecular formula is C28H29NO3. The van der Waals surface area contributed by atoms with Crippen molar-refractivity contribution in [2.45, 2.75) is 40.5 Å². The molecule has 0 saturated carbocycles. The van der Waals surface area contributed by atoms with Crippen LogP contribution in [0.4, 0.5) is 0 Å². The van der Waals surface area contributed by atoms with Crippen LogP contribution in [0.5, 0.6) is 0 Å². The summed E-state index contributed by atoms with van der Waals surface area (Å²) >= 11 is 0. The molecule has 4 rings (SSSR count). The van der Waals surface area contributed by atoms with Crippen molar-refractivity contribution in [3.8, 4) is 0 Å². The average molecular weight is 428 g/mol. The van der Waals surface area contributed by atoms with E-state index in [1.54, 1.807) is 0 Å². The number of Topliss-reactive ketones (excluding diaryl/α,β-unsaturated/α-hetero) is 1. The molecule has 164 valence electrons. The molecular weight excluding hydrogens is 398 g/mol. The first kappa shape index (κ1) is 21.9. The van der Waals surface area contributed by atoms with Gasteiger partial charge in [0, 0.05) is 10.8 Å². The second-order valence-corrected chi connectivity index (χ2v) is 9.67. The molecule has 0 unspecified atom stereocenters. The predicted molar refractivity (Wildman–Crippen MR) is 128 cm³/mol. The van der Waals surface area contributed by atoms with E-state index in [1.807, 2.05) is 63.2 Å². The van der Waals surface area contributed by atoms with E-state index in [1.165, 1.54) is 0 Å². The van der Waals surface area contributed by atoms with Crippen LogP contribution in [0.3, 0.4) is 0 Å². The number of carbonyl (C=O) groups excluding carboxylic acids is 2. The summed E-state index contributed by atoms with van der Waals surface area (Å²) in [4.78, 5) is 30.6. The zero-order chi connectivity index (χ0) is 22.9. The average Bonchev–Trinajstić information content (AvgIpc) is 2.76. The van der Waals surface area contributed by atoms with Gasteiger partial charge in [-0.15, -0.1) is 0 Å². The van der Waals surface area contributed by atoms with Crippen molar-refractivity contribution in [1.82, 2.24) is 4.98 Å². The maximum atomic E-state index is 13.3. The summed E-state index contributed by atoms with van der Waals surface area (Å²) in [6.07, 6.45) is 3.80. The molecule has 4 nitrogen and oxygen atoms in total. The number of rotatable bonds is 4. The molecule has 0 N–H and O–H groups in total. The molecule has 0 spiro atoms. The third-order valence-electron chi connectivity index (χ3n) is 5.93. The van der Waals surface area contributed by atoms with E-state index in [2.05, 4.69) is 25.1 Å². The Morgan fingerprint density at radius 2 is 1.72 bits per heavy atom. The molecule has 0 amide bonds. The lowest BCUT2D eigenvalue weighted by Gasteiger charge is -2.26. The summed E-state index contributed by atoms with van der Waals surface area (Å²) in [5, 5.41) is 0.771. The van der Waals surface area contributed by atoms with Gasteiger partial charge >= 0.3 is 5.97 Å². The number of aromatic nitrogens is 1. The Morgan fingerprint density at radius 1 is 1.03 bits per heavy atom. The van der Waals surface area contributed by atoms with Gasteiger partial charge in [-0.25, -0.2) is 9.78 Å².